The molecule has 3 N–H and O–H groups in total. The Morgan fingerprint density at radius 2 is 1.86 bits per heavy atom. The first-order valence-electron chi connectivity index (χ1n) is 8.24. The van der Waals surface area contributed by atoms with E-state index in [0.29, 0.717) is 22.7 Å². The molecule has 3 amide bonds. The summed E-state index contributed by atoms with van der Waals surface area (Å²) in [5.41, 5.74) is 3.19. The van der Waals surface area contributed by atoms with Crippen molar-refractivity contribution >= 4 is 29.6 Å². The van der Waals surface area contributed by atoms with Crippen LogP contribution in [0.25, 0.3) is 0 Å². The Balaban J connectivity index is 1.94. The van der Waals surface area contributed by atoms with Crippen molar-refractivity contribution in [3.63, 3.8) is 0 Å². The zero-order chi connectivity index (χ0) is 20.4. The molecule has 0 aliphatic carbocycles. The first kappa shape index (κ1) is 20.4. The third-order valence-corrected chi connectivity index (χ3v) is 3.43. The largest absolute Gasteiger partial charge is 0.497 e. The van der Waals surface area contributed by atoms with Gasteiger partial charge in [-0.2, -0.15) is 5.10 Å². The number of carbonyl (C=O) groups is 3. The number of para-hydroxylation sites is 1. The van der Waals surface area contributed by atoms with E-state index in [1.54, 1.807) is 55.6 Å². The lowest BCUT2D eigenvalue weighted by atomic mass is 10.2. The molecule has 2 rings (SSSR count). The number of ether oxygens (including phenoxy) is 2. The quantitative estimate of drug-likeness (QED) is 0.373. The van der Waals surface area contributed by atoms with Crippen molar-refractivity contribution in [2.45, 2.75) is 0 Å². The van der Waals surface area contributed by atoms with Gasteiger partial charge in [0.15, 0.2) is 6.61 Å². The summed E-state index contributed by atoms with van der Waals surface area (Å²) in [6.07, 6.45) is 1.32. The van der Waals surface area contributed by atoms with Crippen LogP contribution in [0.1, 0.15) is 5.56 Å². The third kappa shape index (κ3) is 6.13. The second-order valence-corrected chi connectivity index (χ2v) is 5.38. The first-order chi connectivity index (χ1) is 13.5. The molecular weight excluding hydrogens is 364 g/mol. The Morgan fingerprint density at radius 3 is 2.61 bits per heavy atom. The Bertz CT molecular complexity index is 882. The minimum atomic E-state index is -0.894. The van der Waals surface area contributed by atoms with Crippen LogP contribution in [0.4, 0.5) is 5.69 Å². The molecule has 0 atom stereocenters. The van der Waals surface area contributed by atoms with Crippen LogP contribution in [0.15, 0.2) is 53.6 Å². The van der Waals surface area contributed by atoms with Crippen LogP contribution in [0.5, 0.6) is 11.5 Å². The minimum Gasteiger partial charge on any atom is -0.497 e. The number of hydrogen-bond donors (Lipinski definition) is 3. The zero-order valence-corrected chi connectivity index (χ0v) is 15.4. The maximum atomic E-state index is 12.1. The van der Waals surface area contributed by atoms with Gasteiger partial charge < -0.3 is 20.1 Å². The van der Waals surface area contributed by atoms with Gasteiger partial charge in [-0.05, 0) is 24.3 Å². The molecule has 146 valence electrons. The number of hydrazone groups is 1. The molecule has 2 aromatic rings. The Morgan fingerprint density at radius 1 is 1.07 bits per heavy atom. The molecule has 0 fully saturated rings. The average Bonchev–Trinajstić information content (AvgIpc) is 2.72. The number of hydrogen-bond acceptors (Lipinski definition) is 6. The van der Waals surface area contributed by atoms with Crippen molar-refractivity contribution in [3.8, 4) is 11.5 Å². The molecule has 0 aliphatic rings. The summed E-state index contributed by atoms with van der Waals surface area (Å²) in [6.45, 7) is -0.230. The van der Waals surface area contributed by atoms with E-state index in [-0.39, 0.29) is 12.5 Å². The molecule has 0 saturated carbocycles. The minimum absolute atomic E-state index is 0.230. The van der Waals surface area contributed by atoms with Gasteiger partial charge in [-0.3, -0.25) is 14.4 Å². The standard InChI is InChI=1S/C19H20N4O5/c1-20-18(25)19(26)23-21-11-13-6-3-4-9-16(13)28-12-17(24)22-14-7-5-8-15(10-14)27-2/h3-11H,12H2,1-2H3,(H,20,25)(H,22,24)(H,23,26)/b21-11-. The summed E-state index contributed by atoms with van der Waals surface area (Å²) in [4.78, 5) is 34.6. The SMILES string of the molecule is CNC(=O)C(=O)N/N=C\c1ccccc1OCC(=O)Nc1cccc(OC)c1. The number of likely N-dealkylation sites (N-methyl/N-ethyl adjacent to an activating group) is 1. The maximum Gasteiger partial charge on any atom is 0.329 e. The lowest BCUT2D eigenvalue weighted by Crippen LogP contribution is -2.35. The van der Waals surface area contributed by atoms with Gasteiger partial charge in [0.05, 0.1) is 13.3 Å². The van der Waals surface area contributed by atoms with Gasteiger partial charge in [0.25, 0.3) is 5.91 Å². The summed E-state index contributed by atoms with van der Waals surface area (Å²) in [6, 6.07) is 13.8. The Labute approximate surface area is 161 Å². The summed E-state index contributed by atoms with van der Waals surface area (Å²) in [5.74, 6) is -1.04. The van der Waals surface area contributed by atoms with Crippen LogP contribution >= 0.6 is 0 Å². The number of nitrogens with zero attached hydrogens (tertiary/aromatic N) is 1. The van der Waals surface area contributed by atoms with E-state index in [0.717, 1.165) is 0 Å². The normalized spacial score (nSPS) is 10.2. The summed E-state index contributed by atoms with van der Waals surface area (Å²) in [5, 5.41) is 8.59. The zero-order valence-electron chi connectivity index (χ0n) is 15.4. The number of benzene rings is 2. The Kier molecular flexibility index (Phi) is 7.53. The number of carbonyl (C=O) groups excluding carboxylic acids is 3. The fourth-order valence-corrected chi connectivity index (χ4v) is 2.08. The van der Waals surface area contributed by atoms with Crippen molar-refractivity contribution in [3.05, 3.63) is 54.1 Å². The molecule has 0 aliphatic heterocycles. The summed E-state index contributed by atoms with van der Waals surface area (Å²) in [7, 11) is 2.88. The number of amides is 3. The van der Waals surface area contributed by atoms with E-state index in [1.807, 2.05) is 0 Å². The average molecular weight is 384 g/mol. The van der Waals surface area contributed by atoms with Crippen molar-refractivity contribution in [2.24, 2.45) is 5.10 Å². The lowest BCUT2D eigenvalue weighted by molar-refractivity contribution is -0.138. The van der Waals surface area contributed by atoms with E-state index in [4.69, 9.17) is 9.47 Å². The van der Waals surface area contributed by atoms with Crippen molar-refractivity contribution in [1.82, 2.24) is 10.7 Å². The van der Waals surface area contributed by atoms with Gasteiger partial charge in [-0.1, -0.05) is 18.2 Å². The highest BCUT2D eigenvalue weighted by Gasteiger charge is 2.10. The topological polar surface area (TPSA) is 118 Å². The highest BCUT2D eigenvalue weighted by Crippen LogP contribution is 2.18. The van der Waals surface area contributed by atoms with E-state index in [2.05, 4.69) is 21.2 Å². The smallest absolute Gasteiger partial charge is 0.329 e. The van der Waals surface area contributed by atoms with Crippen LogP contribution < -0.4 is 25.5 Å². The highest BCUT2D eigenvalue weighted by atomic mass is 16.5. The molecule has 0 radical (unpaired) electrons. The van der Waals surface area contributed by atoms with Crippen LogP contribution in [0.2, 0.25) is 0 Å². The van der Waals surface area contributed by atoms with E-state index < -0.39 is 11.8 Å². The van der Waals surface area contributed by atoms with Crippen molar-refractivity contribution < 1.29 is 23.9 Å². The predicted molar refractivity (Wildman–Crippen MR) is 103 cm³/mol. The molecule has 2 aromatic carbocycles. The van der Waals surface area contributed by atoms with Gasteiger partial charge in [0.2, 0.25) is 0 Å². The molecule has 0 spiro atoms. The maximum absolute atomic E-state index is 12.1. The summed E-state index contributed by atoms with van der Waals surface area (Å²) >= 11 is 0. The molecule has 28 heavy (non-hydrogen) atoms. The first-order valence-corrected chi connectivity index (χ1v) is 8.24. The second kappa shape index (κ2) is 10.3. The van der Waals surface area contributed by atoms with Gasteiger partial charge in [-0.25, -0.2) is 5.43 Å². The van der Waals surface area contributed by atoms with Crippen LogP contribution in [0.3, 0.4) is 0 Å². The van der Waals surface area contributed by atoms with Crippen molar-refractivity contribution in [1.29, 1.82) is 0 Å². The Hall–Kier alpha value is -3.88. The molecule has 0 unspecified atom stereocenters. The number of methoxy groups -OCH3 is 1. The molecule has 0 heterocycles. The highest BCUT2D eigenvalue weighted by molar-refractivity contribution is 6.35. The monoisotopic (exact) mass is 384 g/mol. The molecule has 0 aromatic heterocycles. The summed E-state index contributed by atoms with van der Waals surface area (Å²) < 4.78 is 10.6. The fraction of sp³-hybridized carbons (Fsp3) is 0.158. The third-order valence-electron chi connectivity index (χ3n) is 3.43. The van der Waals surface area contributed by atoms with Crippen LogP contribution in [-0.4, -0.2) is 44.7 Å². The fourth-order valence-electron chi connectivity index (χ4n) is 2.08. The van der Waals surface area contributed by atoms with E-state index >= 15 is 0 Å². The van der Waals surface area contributed by atoms with Gasteiger partial charge in [0.1, 0.15) is 11.5 Å². The number of rotatable bonds is 7. The molecule has 9 nitrogen and oxygen atoms in total. The number of anilines is 1. The van der Waals surface area contributed by atoms with Crippen LogP contribution in [0, 0.1) is 0 Å². The molecule has 9 heteroatoms. The van der Waals surface area contributed by atoms with E-state index in [9.17, 15) is 14.4 Å². The predicted octanol–water partition coefficient (Wildman–Crippen LogP) is 0.909. The van der Waals surface area contributed by atoms with Crippen molar-refractivity contribution in [2.75, 3.05) is 26.1 Å². The lowest BCUT2D eigenvalue weighted by Gasteiger charge is -2.10. The molecule has 0 saturated heterocycles. The molecule has 0 bridgehead atoms. The van der Waals surface area contributed by atoms with Gasteiger partial charge in [0, 0.05) is 24.4 Å². The van der Waals surface area contributed by atoms with Crippen LogP contribution in [-0.2, 0) is 14.4 Å². The van der Waals surface area contributed by atoms with Gasteiger partial charge >= 0.3 is 11.8 Å². The molecular formula is C19H20N4O5. The van der Waals surface area contributed by atoms with E-state index in [1.165, 1.54) is 13.3 Å². The van der Waals surface area contributed by atoms with Gasteiger partial charge in [-0.15, -0.1) is 0 Å². The second-order valence-electron chi connectivity index (χ2n) is 5.38. The number of nitrogens with one attached hydrogen (secondary N) is 3.